The third-order valence-electron chi connectivity index (χ3n) is 7.48. The Bertz CT molecular complexity index is 437. The second-order valence-corrected chi connectivity index (χ2v) is 8.23. The van der Waals surface area contributed by atoms with Crippen molar-refractivity contribution in [2.24, 2.45) is 53.1 Å². The van der Waals surface area contributed by atoms with E-state index in [4.69, 9.17) is 10.5 Å². The molecule has 0 aromatic heterocycles. The SMILES string of the molecule is CCC(C)C(=O)OC1CC2CC1C1C3CC(CN)C(C3)C21. The summed E-state index contributed by atoms with van der Waals surface area (Å²) in [5.41, 5.74) is 5.97. The zero-order chi connectivity index (χ0) is 14.7. The van der Waals surface area contributed by atoms with Crippen molar-refractivity contribution in [3.8, 4) is 0 Å². The van der Waals surface area contributed by atoms with Gasteiger partial charge in [0.1, 0.15) is 6.10 Å². The minimum absolute atomic E-state index is 0.0367. The third-order valence-corrected chi connectivity index (χ3v) is 7.48. The quantitative estimate of drug-likeness (QED) is 0.640. The van der Waals surface area contributed by atoms with Gasteiger partial charge in [-0.15, -0.1) is 0 Å². The van der Waals surface area contributed by atoms with Crippen LogP contribution in [0.25, 0.3) is 0 Å². The van der Waals surface area contributed by atoms with E-state index in [9.17, 15) is 4.79 Å². The van der Waals surface area contributed by atoms with Crippen molar-refractivity contribution in [1.82, 2.24) is 0 Å². The third kappa shape index (κ3) is 1.92. The van der Waals surface area contributed by atoms with Crippen molar-refractivity contribution in [3.05, 3.63) is 0 Å². The zero-order valence-electron chi connectivity index (χ0n) is 13.3. The first kappa shape index (κ1) is 14.0. The lowest BCUT2D eigenvalue weighted by Crippen LogP contribution is -2.41. The summed E-state index contributed by atoms with van der Waals surface area (Å²) in [5, 5.41) is 0. The molecule has 0 saturated heterocycles. The van der Waals surface area contributed by atoms with E-state index in [0.29, 0.717) is 5.92 Å². The van der Waals surface area contributed by atoms with Gasteiger partial charge in [0.25, 0.3) is 0 Å². The fourth-order valence-electron chi connectivity index (χ4n) is 6.51. The Labute approximate surface area is 128 Å². The first-order valence-electron chi connectivity index (χ1n) is 9.04. The Balaban J connectivity index is 1.46. The molecule has 4 rings (SSSR count). The van der Waals surface area contributed by atoms with E-state index in [-0.39, 0.29) is 18.0 Å². The summed E-state index contributed by atoms with van der Waals surface area (Å²) in [5.74, 6) is 5.92. The minimum Gasteiger partial charge on any atom is -0.462 e. The predicted molar refractivity (Wildman–Crippen MR) is 81.3 cm³/mol. The van der Waals surface area contributed by atoms with E-state index >= 15 is 0 Å². The van der Waals surface area contributed by atoms with Crippen LogP contribution >= 0.6 is 0 Å². The van der Waals surface area contributed by atoms with Crippen LogP contribution in [-0.4, -0.2) is 18.6 Å². The van der Waals surface area contributed by atoms with Gasteiger partial charge in [-0.2, -0.15) is 0 Å². The van der Waals surface area contributed by atoms with Crippen molar-refractivity contribution in [2.75, 3.05) is 6.54 Å². The van der Waals surface area contributed by atoms with Crippen LogP contribution in [0.15, 0.2) is 0 Å². The number of rotatable bonds is 4. The number of hydrogen-bond donors (Lipinski definition) is 1. The lowest BCUT2D eigenvalue weighted by Gasteiger charge is -2.41. The molecule has 0 spiro atoms. The highest BCUT2D eigenvalue weighted by atomic mass is 16.5. The molecule has 2 N–H and O–H groups in total. The molecule has 0 aromatic carbocycles. The number of esters is 1. The molecule has 3 nitrogen and oxygen atoms in total. The largest absolute Gasteiger partial charge is 0.462 e. The van der Waals surface area contributed by atoms with Crippen molar-refractivity contribution < 1.29 is 9.53 Å². The maximum atomic E-state index is 12.1. The molecule has 0 aliphatic heterocycles. The van der Waals surface area contributed by atoms with Crippen LogP contribution in [0.2, 0.25) is 0 Å². The van der Waals surface area contributed by atoms with Gasteiger partial charge < -0.3 is 10.5 Å². The van der Waals surface area contributed by atoms with Crippen molar-refractivity contribution in [2.45, 2.75) is 52.1 Å². The Hall–Kier alpha value is -0.570. The molecule has 0 heterocycles. The second kappa shape index (κ2) is 4.97. The number of carbonyl (C=O) groups excluding carboxylic acids is 1. The Morgan fingerprint density at radius 1 is 1.14 bits per heavy atom. The van der Waals surface area contributed by atoms with Crippen LogP contribution in [0.3, 0.4) is 0 Å². The van der Waals surface area contributed by atoms with Gasteiger partial charge >= 0.3 is 5.97 Å². The van der Waals surface area contributed by atoms with Crippen LogP contribution in [0.5, 0.6) is 0 Å². The maximum Gasteiger partial charge on any atom is 0.308 e. The van der Waals surface area contributed by atoms with E-state index in [1.807, 2.05) is 6.92 Å². The van der Waals surface area contributed by atoms with E-state index in [0.717, 1.165) is 54.9 Å². The molecule has 3 heteroatoms. The number of carbonyl (C=O) groups is 1. The fraction of sp³-hybridized carbons (Fsp3) is 0.944. The van der Waals surface area contributed by atoms with E-state index < -0.39 is 0 Å². The average molecular weight is 291 g/mol. The van der Waals surface area contributed by atoms with Crippen molar-refractivity contribution in [1.29, 1.82) is 0 Å². The molecule has 0 aromatic rings. The molecule has 0 amide bonds. The molecular weight excluding hydrogens is 262 g/mol. The van der Waals surface area contributed by atoms with Gasteiger partial charge in [0.05, 0.1) is 5.92 Å². The van der Waals surface area contributed by atoms with Gasteiger partial charge in [-0.1, -0.05) is 13.8 Å². The molecular formula is C18H29NO2. The fourth-order valence-corrected chi connectivity index (χ4v) is 6.51. The summed E-state index contributed by atoms with van der Waals surface area (Å²) >= 11 is 0. The molecule has 118 valence electrons. The molecule has 9 atom stereocenters. The van der Waals surface area contributed by atoms with Crippen molar-refractivity contribution in [3.63, 3.8) is 0 Å². The minimum atomic E-state index is 0.0367. The van der Waals surface area contributed by atoms with Gasteiger partial charge in [0.15, 0.2) is 0 Å². The van der Waals surface area contributed by atoms with Crippen LogP contribution in [0.1, 0.15) is 46.0 Å². The molecule has 4 aliphatic carbocycles. The monoisotopic (exact) mass is 291 g/mol. The lowest BCUT2D eigenvalue weighted by atomic mass is 9.67. The van der Waals surface area contributed by atoms with Crippen LogP contribution < -0.4 is 5.73 Å². The molecule has 4 fully saturated rings. The molecule has 4 saturated carbocycles. The van der Waals surface area contributed by atoms with E-state index in [1.54, 1.807) is 0 Å². The van der Waals surface area contributed by atoms with E-state index in [1.165, 1.54) is 19.3 Å². The van der Waals surface area contributed by atoms with E-state index in [2.05, 4.69) is 6.92 Å². The van der Waals surface area contributed by atoms with Gasteiger partial charge in [-0.25, -0.2) is 0 Å². The van der Waals surface area contributed by atoms with Crippen molar-refractivity contribution >= 4 is 5.97 Å². The number of fused-ring (bicyclic) bond motifs is 9. The highest BCUT2D eigenvalue weighted by Gasteiger charge is 2.65. The van der Waals surface area contributed by atoms with Crippen LogP contribution in [0.4, 0.5) is 0 Å². The number of hydrogen-bond acceptors (Lipinski definition) is 3. The molecule has 4 aliphatic rings. The second-order valence-electron chi connectivity index (χ2n) is 8.23. The molecule has 0 radical (unpaired) electrons. The summed E-state index contributed by atoms with van der Waals surface area (Å²) in [6.07, 6.45) is 6.32. The first-order chi connectivity index (χ1) is 10.1. The van der Waals surface area contributed by atoms with Crippen LogP contribution in [-0.2, 0) is 9.53 Å². The average Bonchev–Trinajstić information content (AvgIpc) is 3.22. The van der Waals surface area contributed by atoms with Gasteiger partial charge in [-0.05, 0) is 80.1 Å². The summed E-state index contributed by atoms with van der Waals surface area (Å²) in [6.45, 7) is 4.93. The normalized spacial score (nSPS) is 51.2. The zero-order valence-corrected chi connectivity index (χ0v) is 13.3. The highest BCUT2D eigenvalue weighted by molar-refractivity contribution is 5.72. The molecule has 4 bridgehead atoms. The van der Waals surface area contributed by atoms with Crippen LogP contribution in [0, 0.1) is 47.3 Å². The molecule has 21 heavy (non-hydrogen) atoms. The Morgan fingerprint density at radius 3 is 2.52 bits per heavy atom. The molecule has 9 unspecified atom stereocenters. The predicted octanol–water partition coefficient (Wildman–Crippen LogP) is 2.83. The summed E-state index contributed by atoms with van der Waals surface area (Å²) in [7, 11) is 0. The Kier molecular flexibility index (Phi) is 3.33. The Morgan fingerprint density at radius 2 is 1.81 bits per heavy atom. The summed E-state index contributed by atoms with van der Waals surface area (Å²) in [6, 6.07) is 0. The standard InChI is InChI=1S/C18H29NO2/c1-3-9(2)18(20)21-15-7-11-6-14(15)17-10-4-12(8-19)13(5-10)16(11)17/h9-17H,3-8,19H2,1-2H3. The lowest BCUT2D eigenvalue weighted by molar-refractivity contribution is -0.158. The number of ether oxygens (including phenoxy) is 1. The highest BCUT2D eigenvalue weighted by Crippen LogP contribution is 2.69. The number of nitrogens with two attached hydrogens (primary N) is 1. The summed E-state index contributed by atoms with van der Waals surface area (Å²) < 4.78 is 5.90. The van der Waals surface area contributed by atoms with Gasteiger partial charge in [0.2, 0.25) is 0 Å². The van der Waals surface area contributed by atoms with Gasteiger partial charge in [-0.3, -0.25) is 4.79 Å². The topological polar surface area (TPSA) is 52.3 Å². The maximum absolute atomic E-state index is 12.1. The summed E-state index contributed by atoms with van der Waals surface area (Å²) in [4.78, 5) is 12.1. The smallest absolute Gasteiger partial charge is 0.308 e. The van der Waals surface area contributed by atoms with Gasteiger partial charge in [0, 0.05) is 0 Å². The first-order valence-corrected chi connectivity index (χ1v) is 9.04.